The number of nitrogens with zero attached hydrogens (tertiary/aromatic N) is 3. The minimum absolute atomic E-state index is 0.103. The zero-order valence-corrected chi connectivity index (χ0v) is 18.2. The van der Waals surface area contributed by atoms with Crippen LogP contribution in [0.3, 0.4) is 0 Å². The maximum Gasteiger partial charge on any atom is 0.237 e. The largest absolute Gasteiger partial charge is 0.489 e. The normalized spacial score (nSPS) is 12.2. The number of nitrogens with one attached hydrogen (secondary N) is 2. The topological polar surface area (TPSA) is 84.3 Å². The molecule has 1 unspecified atom stereocenters. The highest BCUT2D eigenvalue weighted by Gasteiger charge is 2.20. The molecule has 0 saturated heterocycles. The van der Waals surface area contributed by atoms with E-state index in [1.54, 1.807) is 0 Å². The third-order valence-electron chi connectivity index (χ3n) is 5.03. The SMILES string of the molecule is CC(Sc1n[nH]c2nc3ccccc3n12)C(=O)Nc1ccc(OCc2ccccc2)cc1. The smallest absolute Gasteiger partial charge is 0.237 e. The molecule has 7 nitrogen and oxygen atoms in total. The lowest BCUT2D eigenvalue weighted by Crippen LogP contribution is -2.22. The van der Waals surface area contributed by atoms with E-state index in [1.807, 2.05) is 90.2 Å². The highest BCUT2D eigenvalue weighted by Crippen LogP contribution is 2.27. The van der Waals surface area contributed by atoms with E-state index >= 15 is 0 Å². The van der Waals surface area contributed by atoms with Gasteiger partial charge in [0.15, 0.2) is 5.16 Å². The molecule has 0 saturated carbocycles. The third kappa shape index (κ3) is 4.17. The molecule has 2 aromatic heterocycles. The summed E-state index contributed by atoms with van der Waals surface area (Å²) in [5, 5.41) is 10.6. The number of anilines is 1. The number of rotatable bonds is 7. The van der Waals surface area contributed by atoms with E-state index in [0.29, 0.717) is 17.5 Å². The molecule has 5 aromatic rings. The zero-order chi connectivity index (χ0) is 21.9. The van der Waals surface area contributed by atoms with Crippen LogP contribution in [0.25, 0.3) is 16.8 Å². The molecule has 0 aliphatic carbocycles. The Balaban J connectivity index is 1.22. The summed E-state index contributed by atoms with van der Waals surface area (Å²) in [5.74, 6) is 1.31. The number of hydrogen-bond donors (Lipinski definition) is 2. The number of thioether (sulfide) groups is 1. The maximum atomic E-state index is 12.7. The van der Waals surface area contributed by atoms with E-state index < -0.39 is 0 Å². The Labute approximate surface area is 188 Å². The average molecular weight is 444 g/mol. The molecule has 3 aromatic carbocycles. The summed E-state index contributed by atoms with van der Waals surface area (Å²) < 4.78 is 7.73. The van der Waals surface area contributed by atoms with Gasteiger partial charge in [-0.1, -0.05) is 54.2 Å². The molecule has 1 atom stereocenters. The first-order valence-corrected chi connectivity index (χ1v) is 11.1. The molecule has 160 valence electrons. The fraction of sp³-hybridized carbons (Fsp3) is 0.125. The van der Waals surface area contributed by atoms with Crippen LogP contribution in [-0.2, 0) is 11.4 Å². The Hall–Kier alpha value is -3.78. The number of carbonyl (C=O) groups excluding carboxylic acids is 1. The molecule has 0 aliphatic rings. The summed E-state index contributed by atoms with van der Waals surface area (Å²) in [5.41, 5.74) is 3.66. The standard InChI is InChI=1S/C24H21N5O2S/c1-16(32-24-28-27-23-26-20-9-5-6-10-21(20)29(23)24)22(30)25-18-11-13-19(14-12-18)31-15-17-7-3-2-4-8-17/h2-14,16H,15H2,1H3,(H,25,30)(H,26,27). The van der Waals surface area contributed by atoms with Crippen LogP contribution in [0.15, 0.2) is 84.0 Å². The van der Waals surface area contributed by atoms with Crippen LogP contribution in [-0.4, -0.2) is 30.7 Å². The number of ether oxygens (including phenoxy) is 1. The molecular weight excluding hydrogens is 422 g/mol. The third-order valence-corrected chi connectivity index (χ3v) is 6.08. The van der Waals surface area contributed by atoms with Gasteiger partial charge >= 0.3 is 0 Å². The summed E-state index contributed by atoms with van der Waals surface area (Å²) in [6.45, 7) is 2.36. The average Bonchev–Trinajstić information content (AvgIpc) is 3.39. The Morgan fingerprint density at radius 2 is 1.81 bits per heavy atom. The van der Waals surface area contributed by atoms with Crippen molar-refractivity contribution in [1.82, 2.24) is 19.6 Å². The van der Waals surface area contributed by atoms with Crippen LogP contribution >= 0.6 is 11.8 Å². The number of aromatic amines is 1. The number of aromatic nitrogens is 4. The number of amides is 1. The summed E-state index contributed by atoms with van der Waals surface area (Å²) in [7, 11) is 0. The maximum absolute atomic E-state index is 12.7. The van der Waals surface area contributed by atoms with Crippen molar-refractivity contribution in [2.75, 3.05) is 5.32 Å². The number of imidazole rings is 1. The molecule has 32 heavy (non-hydrogen) atoms. The number of H-pyrrole nitrogens is 1. The highest BCUT2D eigenvalue weighted by atomic mass is 32.2. The van der Waals surface area contributed by atoms with Crippen molar-refractivity contribution in [2.45, 2.75) is 23.9 Å². The van der Waals surface area contributed by atoms with E-state index in [9.17, 15) is 4.79 Å². The Kier molecular flexibility index (Phi) is 5.51. The molecular formula is C24H21N5O2S. The lowest BCUT2D eigenvalue weighted by Gasteiger charge is -2.12. The molecule has 2 heterocycles. The van der Waals surface area contributed by atoms with E-state index in [-0.39, 0.29) is 11.2 Å². The van der Waals surface area contributed by atoms with Crippen LogP contribution in [0, 0.1) is 0 Å². The van der Waals surface area contributed by atoms with Crippen molar-refractivity contribution >= 4 is 40.2 Å². The first-order chi connectivity index (χ1) is 15.7. The van der Waals surface area contributed by atoms with Crippen molar-refractivity contribution in [3.8, 4) is 5.75 Å². The molecule has 0 aliphatic heterocycles. The summed E-state index contributed by atoms with van der Waals surface area (Å²) >= 11 is 1.38. The fourth-order valence-corrected chi connectivity index (χ4v) is 4.22. The number of fused-ring (bicyclic) bond motifs is 3. The first-order valence-electron chi connectivity index (χ1n) is 10.2. The molecule has 1 amide bonds. The monoisotopic (exact) mass is 443 g/mol. The molecule has 0 radical (unpaired) electrons. The number of hydrogen-bond acceptors (Lipinski definition) is 5. The lowest BCUT2D eigenvalue weighted by molar-refractivity contribution is -0.115. The first kappa shape index (κ1) is 20.1. The Morgan fingerprint density at radius 1 is 1.06 bits per heavy atom. The summed E-state index contributed by atoms with van der Waals surface area (Å²) in [6, 6.07) is 25.2. The summed E-state index contributed by atoms with van der Waals surface area (Å²) in [4.78, 5) is 17.3. The van der Waals surface area contributed by atoms with Crippen molar-refractivity contribution < 1.29 is 9.53 Å². The van der Waals surface area contributed by atoms with E-state index in [2.05, 4.69) is 20.5 Å². The highest BCUT2D eigenvalue weighted by molar-refractivity contribution is 8.00. The van der Waals surface area contributed by atoms with Crippen LogP contribution in [0.5, 0.6) is 5.75 Å². The van der Waals surface area contributed by atoms with E-state index in [4.69, 9.17) is 4.74 Å². The van der Waals surface area contributed by atoms with Gasteiger partial charge < -0.3 is 10.1 Å². The Morgan fingerprint density at radius 3 is 2.62 bits per heavy atom. The van der Waals surface area contributed by atoms with Crippen LogP contribution < -0.4 is 10.1 Å². The Bertz CT molecular complexity index is 1360. The predicted octanol–water partition coefficient (Wildman–Crippen LogP) is 4.91. The van der Waals surface area contributed by atoms with Gasteiger partial charge in [-0.05, 0) is 48.9 Å². The van der Waals surface area contributed by atoms with Gasteiger partial charge in [-0.15, -0.1) is 5.10 Å². The molecule has 0 bridgehead atoms. The van der Waals surface area contributed by atoms with Crippen molar-refractivity contribution in [3.05, 3.63) is 84.4 Å². The number of carbonyl (C=O) groups is 1. The number of benzene rings is 3. The molecule has 2 N–H and O–H groups in total. The minimum atomic E-state index is -0.350. The molecule has 5 rings (SSSR count). The molecule has 0 spiro atoms. The van der Waals surface area contributed by atoms with Crippen LogP contribution in [0.2, 0.25) is 0 Å². The van der Waals surface area contributed by atoms with Crippen molar-refractivity contribution in [1.29, 1.82) is 0 Å². The van der Waals surface area contributed by atoms with Crippen molar-refractivity contribution in [2.24, 2.45) is 0 Å². The quantitative estimate of drug-likeness (QED) is 0.349. The second-order valence-corrected chi connectivity index (χ2v) is 8.62. The van der Waals surface area contributed by atoms with E-state index in [0.717, 1.165) is 28.0 Å². The van der Waals surface area contributed by atoms with Gasteiger partial charge in [0.05, 0.1) is 16.3 Å². The number of para-hydroxylation sites is 2. The van der Waals surface area contributed by atoms with Gasteiger partial charge in [-0.25, -0.2) is 10.1 Å². The molecule has 0 fully saturated rings. The van der Waals surface area contributed by atoms with Gasteiger partial charge in [0.25, 0.3) is 0 Å². The predicted molar refractivity (Wildman–Crippen MR) is 126 cm³/mol. The van der Waals surface area contributed by atoms with Crippen LogP contribution in [0.1, 0.15) is 12.5 Å². The van der Waals surface area contributed by atoms with Gasteiger partial charge in [0, 0.05) is 5.69 Å². The van der Waals surface area contributed by atoms with Gasteiger partial charge in [-0.2, -0.15) is 0 Å². The zero-order valence-electron chi connectivity index (χ0n) is 17.4. The summed E-state index contributed by atoms with van der Waals surface area (Å²) in [6.07, 6.45) is 0. The van der Waals surface area contributed by atoms with Crippen molar-refractivity contribution in [3.63, 3.8) is 0 Å². The van der Waals surface area contributed by atoms with Crippen LogP contribution in [0.4, 0.5) is 5.69 Å². The van der Waals surface area contributed by atoms with E-state index in [1.165, 1.54) is 11.8 Å². The minimum Gasteiger partial charge on any atom is -0.489 e. The van der Waals surface area contributed by atoms with Gasteiger partial charge in [0.1, 0.15) is 12.4 Å². The molecule has 8 heteroatoms. The van der Waals surface area contributed by atoms with Gasteiger partial charge in [0.2, 0.25) is 11.7 Å². The van der Waals surface area contributed by atoms with Gasteiger partial charge in [-0.3, -0.25) is 9.20 Å². The second-order valence-electron chi connectivity index (χ2n) is 7.31. The second kappa shape index (κ2) is 8.76. The fourth-order valence-electron chi connectivity index (χ4n) is 3.35. The lowest BCUT2D eigenvalue weighted by atomic mass is 10.2.